The van der Waals surface area contributed by atoms with Gasteiger partial charge in [0.15, 0.2) is 5.82 Å². The van der Waals surface area contributed by atoms with E-state index in [1.807, 2.05) is 38.1 Å². The largest absolute Gasteiger partial charge is 0.391 e. The topological polar surface area (TPSA) is 121 Å². The molecule has 4 rings (SSSR count). The molecule has 1 aromatic heterocycles. The van der Waals surface area contributed by atoms with E-state index in [9.17, 15) is 23.5 Å². The van der Waals surface area contributed by atoms with E-state index in [-0.39, 0.29) is 30.9 Å². The fourth-order valence-electron chi connectivity index (χ4n) is 6.33. The highest BCUT2D eigenvalue weighted by molar-refractivity contribution is 5.97. The predicted octanol–water partition coefficient (Wildman–Crippen LogP) is 5.13. The molecule has 0 radical (unpaired) electrons. The second kappa shape index (κ2) is 15.8. The van der Waals surface area contributed by atoms with Gasteiger partial charge in [-0.3, -0.25) is 9.59 Å². The van der Waals surface area contributed by atoms with Crippen LogP contribution in [0.1, 0.15) is 51.2 Å². The number of nitrogens with two attached hydrogens (primary N) is 1. The minimum Gasteiger partial charge on any atom is -0.391 e. The van der Waals surface area contributed by atoms with Crippen LogP contribution in [0.3, 0.4) is 0 Å². The number of carbonyl (C=O) groups excluding carboxylic acids is 2. The molecule has 1 aliphatic carbocycles. The Kier molecular flexibility index (Phi) is 11.9. The Bertz CT molecular complexity index is 1550. The lowest BCUT2D eigenvalue weighted by atomic mass is 9.63. The van der Waals surface area contributed by atoms with Gasteiger partial charge in [-0.2, -0.15) is 0 Å². The molecule has 0 saturated heterocycles. The number of nitrogens with one attached hydrogen (secondary N) is 1. The van der Waals surface area contributed by atoms with Crippen LogP contribution < -0.4 is 11.1 Å². The molecule has 2 aromatic carbocycles. The van der Waals surface area contributed by atoms with Crippen molar-refractivity contribution in [3.05, 3.63) is 107 Å². The number of halogens is 2. The summed E-state index contributed by atoms with van der Waals surface area (Å²) in [5.41, 5.74) is 7.73. The molecule has 2 amide bonds. The minimum absolute atomic E-state index is 0.0406. The molecule has 1 heterocycles. The second-order valence-electron chi connectivity index (χ2n) is 12.0. The molecule has 1 unspecified atom stereocenters. The third-order valence-corrected chi connectivity index (χ3v) is 8.32. The smallest absolute Gasteiger partial charge is 0.249 e. The van der Waals surface area contributed by atoms with Gasteiger partial charge in [-0.05, 0) is 68.0 Å². The first-order valence-corrected chi connectivity index (χ1v) is 15.8. The summed E-state index contributed by atoms with van der Waals surface area (Å²) in [5, 5.41) is 15.0. The van der Waals surface area contributed by atoms with E-state index in [4.69, 9.17) is 5.73 Å². The quantitative estimate of drug-likeness (QED) is 0.214. The zero-order valence-electron chi connectivity index (χ0n) is 26.7. The lowest BCUT2D eigenvalue weighted by molar-refractivity contribution is -0.132. The molecule has 46 heavy (non-hydrogen) atoms. The maximum atomic E-state index is 14.3. The predicted molar refractivity (Wildman–Crippen MR) is 174 cm³/mol. The third-order valence-electron chi connectivity index (χ3n) is 8.32. The van der Waals surface area contributed by atoms with Crippen LogP contribution in [-0.4, -0.2) is 57.5 Å². The number of hydrogen-bond acceptors (Lipinski definition) is 6. The average Bonchev–Trinajstić information content (AvgIpc) is 3.03. The molecular formula is C36H43F2N5O3. The summed E-state index contributed by atoms with van der Waals surface area (Å²) in [6.07, 6.45) is 7.06. The van der Waals surface area contributed by atoms with Gasteiger partial charge in [0.25, 0.3) is 0 Å². The Labute approximate surface area is 269 Å². The SMILES string of the molecule is CCCN(CCC)C(=O)C1=CC(C)=CC(C(N)=O)([C@H](Cc2cc(F)cc(F)c2)[C@@H](O)CNCc2cccc(-c3ncccn3)c2)C1. The number of aromatic nitrogens is 2. The van der Waals surface area contributed by atoms with Crippen molar-refractivity contribution in [1.29, 1.82) is 0 Å². The molecule has 0 bridgehead atoms. The van der Waals surface area contributed by atoms with E-state index in [0.717, 1.165) is 30.0 Å². The van der Waals surface area contributed by atoms with E-state index < -0.39 is 35.0 Å². The van der Waals surface area contributed by atoms with Crippen LogP contribution in [0.15, 0.2) is 84.2 Å². The van der Waals surface area contributed by atoms with Crippen LogP contribution >= 0.6 is 0 Å². The van der Waals surface area contributed by atoms with Crippen LogP contribution in [0.5, 0.6) is 0 Å². The number of nitrogens with zero attached hydrogens (tertiary/aromatic N) is 3. The molecule has 10 heteroatoms. The van der Waals surface area contributed by atoms with Gasteiger partial charge in [0, 0.05) is 61.7 Å². The van der Waals surface area contributed by atoms with Gasteiger partial charge >= 0.3 is 0 Å². The number of benzene rings is 2. The zero-order valence-corrected chi connectivity index (χ0v) is 26.7. The van der Waals surface area contributed by atoms with Crippen molar-refractivity contribution in [3.63, 3.8) is 0 Å². The van der Waals surface area contributed by atoms with Gasteiger partial charge in [0.1, 0.15) is 11.6 Å². The number of carbonyl (C=O) groups is 2. The van der Waals surface area contributed by atoms with Crippen LogP contribution in [0.25, 0.3) is 11.4 Å². The van der Waals surface area contributed by atoms with Crippen molar-refractivity contribution in [2.45, 2.75) is 59.1 Å². The van der Waals surface area contributed by atoms with Crippen LogP contribution in [0.4, 0.5) is 8.78 Å². The van der Waals surface area contributed by atoms with E-state index in [0.29, 0.717) is 36.6 Å². The lowest BCUT2D eigenvalue weighted by Gasteiger charge is -2.42. The molecule has 4 N–H and O–H groups in total. The number of hydrogen-bond donors (Lipinski definition) is 3. The van der Waals surface area contributed by atoms with Crippen molar-refractivity contribution in [2.24, 2.45) is 17.1 Å². The number of allylic oxidation sites excluding steroid dienone is 2. The number of rotatable bonds is 15. The summed E-state index contributed by atoms with van der Waals surface area (Å²) in [7, 11) is 0. The maximum absolute atomic E-state index is 14.3. The van der Waals surface area contributed by atoms with Gasteiger partial charge in [0.2, 0.25) is 11.8 Å². The number of aliphatic hydroxyl groups is 1. The van der Waals surface area contributed by atoms with Gasteiger partial charge in [0.05, 0.1) is 11.5 Å². The molecule has 244 valence electrons. The average molecular weight is 632 g/mol. The van der Waals surface area contributed by atoms with E-state index in [2.05, 4.69) is 15.3 Å². The third kappa shape index (κ3) is 8.50. The summed E-state index contributed by atoms with van der Waals surface area (Å²) in [6, 6.07) is 12.6. The van der Waals surface area contributed by atoms with Crippen LogP contribution in [0, 0.1) is 23.0 Å². The Morgan fingerprint density at radius 1 is 1.02 bits per heavy atom. The second-order valence-corrected chi connectivity index (χ2v) is 12.0. The number of primary amides is 1. The van der Waals surface area contributed by atoms with Crippen molar-refractivity contribution in [3.8, 4) is 11.4 Å². The first-order chi connectivity index (χ1) is 22.1. The molecule has 1 aliphatic rings. The van der Waals surface area contributed by atoms with E-state index >= 15 is 0 Å². The normalized spacial score (nSPS) is 17.5. The highest BCUT2D eigenvalue weighted by Gasteiger charge is 2.48. The molecule has 0 fully saturated rings. The molecule has 3 atom stereocenters. The molecule has 3 aromatic rings. The van der Waals surface area contributed by atoms with Crippen molar-refractivity contribution in [1.82, 2.24) is 20.2 Å². The first-order valence-electron chi connectivity index (χ1n) is 15.8. The highest BCUT2D eigenvalue weighted by atomic mass is 19.1. The summed E-state index contributed by atoms with van der Waals surface area (Å²) < 4.78 is 28.6. The van der Waals surface area contributed by atoms with Crippen LogP contribution in [-0.2, 0) is 22.6 Å². The minimum atomic E-state index is -1.50. The summed E-state index contributed by atoms with van der Waals surface area (Å²) in [4.78, 5) is 37.6. The number of aliphatic hydroxyl groups excluding tert-OH is 1. The van der Waals surface area contributed by atoms with Crippen molar-refractivity contribution in [2.75, 3.05) is 19.6 Å². The molecule has 0 saturated carbocycles. The fraction of sp³-hybridized carbons (Fsp3) is 0.389. The maximum Gasteiger partial charge on any atom is 0.249 e. The van der Waals surface area contributed by atoms with E-state index in [1.165, 1.54) is 12.1 Å². The van der Waals surface area contributed by atoms with Crippen molar-refractivity contribution >= 4 is 11.8 Å². The Morgan fingerprint density at radius 3 is 2.33 bits per heavy atom. The zero-order chi connectivity index (χ0) is 33.3. The summed E-state index contributed by atoms with van der Waals surface area (Å²) in [6.45, 7) is 7.31. The molecule has 0 spiro atoms. The highest BCUT2D eigenvalue weighted by Crippen LogP contribution is 2.44. The molecule has 8 nitrogen and oxygen atoms in total. The Hall–Kier alpha value is -4.28. The standard InChI is InChI=1S/C36H43F2N5O3/c1-4-12-43(13-5-2)34(45)28-14-24(3)20-36(21-28,35(39)46)31(18-26-16-29(37)19-30(38)17-26)32(44)23-40-22-25-8-6-9-27(15-25)33-41-10-7-11-42-33/h6-11,14-17,19-20,31-32,40,44H,4-5,12-13,18,21-23H2,1-3H3,(H2,39,46)/t31-,32+,36?/m1/s1. The number of amides is 2. The van der Waals surface area contributed by atoms with Gasteiger partial charge in [-0.25, -0.2) is 18.7 Å². The lowest BCUT2D eigenvalue weighted by Crippen LogP contribution is -2.51. The van der Waals surface area contributed by atoms with Crippen molar-refractivity contribution < 1.29 is 23.5 Å². The first kappa shape index (κ1) is 34.6. The van der Waals surface area contributed by atoms with Gasteiger partial charge < -0.3 is 21.1 Å². The van der Waals surface area contributed by atoms with Gasteiger partial charge in [-0.15, -0.1) is 0 Å². The molecular weight excluding hydrogens is 588 g/mol. The monoisotopic (exact) mass is 631 g/mol. The van der Waals surface area contributed by atoms with Gasteiger partial charge in [-0.1, -0.05) is 49.8 Å². The Balaban J connectivity index is 1.63. The van der Waals surface area contributed by atoms with E-state index in [1.54, 1.807) is 42.4 Å². The Morgan fingerprint density at radius 2 is 1.70 bits per heavy atom. The summed E-state index contributed by atoms with van der Waals surface area (Å²) in [5.74, 6) is -2.77. The summed E-state index contributed by atoms with van der Waals surface area (Å²) >= 11 is 0. The fourth-order valence-corrected chi connectivity index (χ4v) is 6.33. The van der Waals surface area contributed by atoms with Crippen LogP contribution in [0.2, 0.25) is 0 Å². The molecule has 0 aliphatic heterocycles.